The van der Waals surface area contributed by atoms with Crippen LogP contribution >= 0.6 is 11.6 Å². The van der Waals surface area contributed by atoms with E-state index in [1.165, 1.54) is 0 Å². The summed E-state index contributed by atoms with van der Waals surface area (Å²) in [5.41, 5.74) is 0.693. The molecular weight excluding hydrogens is 756 g/mol. The molecule has 0 spiro atoms. The highest BCUT2D eigenvalue weighted by atomic mass is 35.5. The summed E-state index contributed by atoms with van der Waals surface area (Å²) in [5.74, 6) is 1.56. The van der Waals surface area contributed by atoms with E-state index in [0.29, 0.717) is 59.2 Å². The third kappa shape index (κ3) is 9.48. The van der Waals surface area contributed by atoms with Gasteiger partial charge < -0.3 is 24.6 Å². The van der Waals surface area contributed by atoms with Crippen LogP contribution in [-0.2, 0) is 9.59 Å². The molecule has 12 nitrogen and oxygen atoms in total. The molecule has 308 valence electrons. The SMILES string of the molecule is CCN(C(=O)c1ccc(OCCCCCN2CCN(c3ccc(C(=O)NC4C(C)(C)C(Oc5ccc(C#N)c(Cl)c5)C4(C)C)cn3)CC2)cc1)C1CCC(=O)CC1=O. The third-order valence-electron chi connectivity index (χ3n) is 12.0. The summed E-state index contributed by atoms with van der Waals surface area (Å²) < 4.78 is 12.3. The second-order valence-corrected chi connectivity index (χ2v) is 17.2. The summed E-state index contributed by atoms with van der Waals surface area (Å²) in [7, 11) is 0. The molecule has 1 atom stereocenters. The number of aromatic nitrogens is 1. The number of pyridine rings is 1. The molecular formula is C45H55ClN6O6. The number of rotatable bonds is 15. The Kier molecular flexibility index (Phi) is 13.4. The van der Waals surface area contributed by atoms with Gasteiger partial charge in [-0.3, -0.25) is 24.1 Å². The van der Waals surface area contributed by atoms with E-state index in [4.69, 9.17) is 21.1 Å². The fourth-order valence-corrected chi connectivity index (χ4v) is 9.29. The molecule has 2 saturated carbocycles. The van der Waals surface area contributed by atoms with Crippen molar-refractivity contribution >= 4 is 40.8 Å². The lowest BCUT2D eigenvalue weighted by molar-refractivity contribution is -0.164. The number of hydrogen-bond acceptors (Lipinski definition) is 10. The number of anilines is 1. The molecule has 1 saturated heterocycles. The number of unbranched alkanes of at least 4 members (excludes halogenated alkanes) is 2. The van der Waals surface area contributed by atoms with E-state index in [0.717, 1.165) is 57.8 Å². The van der Waals surface area contributed by atoms with E-state index in [1.54, 1.807) is 53.6 Å². The van der Waals surface area contributed by atoms with Crippen LogP contribution in [0, 0.1) is 22.2 Å². The maximum atomic E-state index is 13.4. The number of benzene rings is 2. The molecule has 2 amide bonds. The number of amides is 2. The molecule has 3 fully saturated rings. The minimum Gasteiger partial charge on any atom is -0.494 e. The van der Waals surface area contributed by atoms with Gasteiger partial charge >= 0.3 is 0 Å². The highest BCUT2D eigenvalue weighted by Crippen LogP contribution is 2.55. The number of hydrogen-bond donors (Lipinski definition) is 1. The predicted molar refractivity (Wildman–Crippen MR) is 222 cm³/mol. The first-order chi connectivity index (χ1) is 27.7. The predicted octanol–water partition coefficient (Wildman–Crippen LogP) is 6.74. The van der Waals surface area contributed by atoms with Gasteiger partial charge in [0, 0.05) is 73.8 Å². The number of nitrogens with one attached hydrogen (secondary N) is 1. The number of halogens is 1. The summed E-state index contributed by atoms with van der Waals surface area (Å²) >= 11 is 6.24. The quantitative estimate of drug-likeness (QED) is 0.129. The van der Waals surface area contributed by atoms with Crippen molar-refractivity contribution in [1.82, 2.24) is 20.1 Å². The van der Waals surface area contributed by atoms with Crippen molar-refractivity contribution in [3.05, 3.63) is 82.5 Å². The normalized spacial score (nSPS) is 21.4. The molecule has 2 aromatic carbocycles. The second-order valence-electron chi connectivity index (χ2n) is 16.8. The number of Topliss-reactive ketones (excluding diaryl/α,β-unsaturated/α-hetero) is 2. The lowest BCUT2D eigenvalue weighted by Crippen LogP contribution is -2.74. The first-order valence-electron chi connectivity index (χ1n) is 20.4. The van der Waals surface area contributed by atoms with E-state index in [-0.39, 0.29) is 52.8 Å². The van der Waals surface area contributed by atoms with Crippen molar-refractivity contribution < 1.29 is 28.7 Å². The summed E-state index contributed by atoms with van der Waals surface area (Å²) in [6.45, 7) is 15.8. The van der Waals surface area contributed by atoms with Gasteiger partial charge in [0.25, 0.3) is 11.8 Å². The van der Waals surface area contributed by atoms with Gasteiger partial charge in [0.05, 0.1) is 35.2 Å². The van der Waals surface area contributed by atoms with Crippen molar-refractivity contribution in [3.8, 4) is 17.6 Å². The van der Waals surface area contributed by atoms with Crippen molar-refractivity contribution in [2.24, 2.45) is 10.8 Å². The smallest absolute Gasteiger partial charge is 0.254 e. The summed E-state index contributed by atoms with van der Waals surface area (Å²) in [6, 6.07) is 17.3. The van der Waals surface area contributed by atoms with Crippen LogP contribution in [0.15, 0.2) is 60.8 Å². The number of nitriles is 1. The molecule has 1 aromatic heterocycles. The fourth-order valence-electron chi connectivity index (χ4n) is 9.08. The van der Waals surface area contributed by atoms with E-state index >= 15 is 0 Å². The lowest BCUT2D eigenvalue weighted by Gasteiger charge is -2.63. The van der Waals surface area contributed by atoms with Crippen LogP contribution < -0.4 is 19.7 Å². The monoisotopic (exact) mass is 810 g/mol. The minimum atomic E-state index is -0.535. The number of carbonyl (C=O) groups is 4. The summed E-state index contributed by atoms with van der Waals surface area (Å²) in [4.78, 5) is 61.6. The molecule has 1 N–H and O–H groups in total. The zero-order valence-electron chi connectivity index (χ0n) is 34.3. The number of likely N-dealkylation sites (N-methyl/N-ethyl adjacent to an activating group) is 1. The first kappa shape index (κ1) is 42.6. The minimum absolute atomic E-state index is 0.0537. The van der Waals surface area contributed by atoms with Crippen LogP contribution in [0.25, 0.3) is 0 Å². The molecule has 1 aliphatic heterocycles. The molecule has 6 rings (SSSR count). The summed E-state index contributed by atoms with van der Waals surface area (Å²) in [6.07, 6.45) is 5.15. The molecule has 1 unspecified atom stereocenters. The highest BCUT2D eigenvalue weighted by molar-refractivity contribution is 6.31. The number of ketones is 2. The van der Waals surface area contributed by atoms with Crippen LogP contribution in [0.4, 0.5) is 5.82 Å². The molecule has 0 bridgehead atoms. The maximum Gasteiger partial charge on any atom is 0.254 e. The fraction of sp³-hybridized carbons (Fsp3) is 0.511. The largest absolute Gasteiger partial charge is 0.494 e. The van der Waals surface area contributed by atoms with Gasteiger partial charge in [-0.1, -0.05) is 39.3 Å². The van der Waals surface area contributed by atoms with Gasteiger partial charge in [-0.15, -0.1) is 0 Å². The average molecular weight is 811 g/mol. The Morgan fingerprint density at radius 3 is 2.26 bits per heavy atom. The van der Waals surface area contributed by atoms with Crippen LogP contribution in [0.2, 0.25) is 5.02 Å². The van der Waals surface area contributed by atoms with Crippen LogP contribution in [0.5, 0.6) is 11.5 Å². The van der Waals surface area contributed by atoms with Crippen LogP contribution in [0.3, 0.4) is 0 Å². The van der Waals surface area contributed by atoms with Crippen molar-refractivity contribution in [2.45, 2.75) is 91.3 Å². The van der Waals surface area contributed by atoms with E-state index in [2.05, 4.69) is 53.9 Å². The average Bonchev–Trinajstić information content (AvgIpc) is 3.21. The molecule has 3 aromatic rings. The van der Waals surface area contributed by atoms with Crippen molar-refractivity contribution in [3.63, 3.8) is 0 Å². The first-order valence-corrected chi connectivity index (χ1v) is 20.8. The van der Waals surface area contributed by atoms with Gasteiger partial charge in [-0.2, -0.15) is 5.26 Å². The highest BCUT2D eigenvalue weighted by Gasteiger charge is 2.64. The third-order valence-corrected chi connectivity index (χ3v) is 12.4. The molecule has 3 aliphatic rings. The topological polar surface area (TPSA) is 145 Å². The van der Waals surface area contributed by atoms with E-state index in [9.17, 15) is 24.4 Å². The number of nitrogens with zero attached hydrogens (tertiary/aromatic N) is 5. The Bertz CT molecular complexity index is 1990. The molecule has 13 heteroatoms. The van der Waals surface area contributed by atoms with Gasteiger partial charge in [-0.05, 0) is 87.7 Å². The summed E-state index contributed by atoms with van der Waals surface area (Å²) in [5, 5.41) is 12.8. The Morgan fingerprint density at radius 1 is 0.948 bits per heavy atom. The lowest BCUT2D eigenvalue weighted by atomic mass is 9.49. The Labute approximate surface area is 346 Å². The van der Waals surface area contributed by atoms with Crippen molar-refractivity contribution in [2.75, 3.05) is 50.8 Å². The van der Waals surface area contributed by atoms with Gasteiger partial charge in [0.15, 0.2) is 5.78 Å². The molecule has 2 aliphatic carbocycles. The van der Waals surface area contributed by atoms with Crippen molar-refractivity contribution in [1.29, 1.82) is 5.26 Å². The van der Waals surface area contributed by atoms with E-state index < -0.39 is 6.04 Å². The van der Waals surface area contributed by atoms with Crippen LogP contribution in [-0.4, -0.2) is 102 Å². The van der Waals surface area contributed by atoms with E-state index in [1.807, 2.05) is 19.1 Å². The number of ether oxygens (including phenoxy) is 2. The number of piperazine rings is 1. The zero-order chi connectivity index (χ0) is 41.6. The Balaban J connectivity index is 0.874. The van der Waals surface area contributed by atoms with Gasteiger partial charge in [0.1, 0.15) is 35.3 Å². The molecule has 58 heavy (non-hydrogen) atoms. The second kappa shape index (κ2) is 18.3. The van der Waals surface area contributed by atoms with Gasteiger partial charge in [0.2, 0.25) is 0 Å². The zero-order valence-corrected chi connectivity index (χ0v) is 35.0. The Hall–Kier alpha value is -4.99. The standard InChI is InChI=1S/C45H55ClN6O6/c1-6-52(37-18-14-33(53)26-38(37)54)41(56)30-10-15-34(16-11-30)57-25-9-7-8-20-50-21-23-51(24-22-50)39-19-13-32(29-48-39)40(55)49-42-44(2,3)43(45(42,4)5)58-35-17-12-31(28-47)36(46)27-35/h10-13,15-17,19,27,29,37,42-43H,6-9,14,18,20-26H2,1-5H3,(H,49,55). The molecule has 0 radical (unpaired) electrons. The van der Waals surface area contributed by atoms with Gasteiger partial charge in [-0.25, -0.2) is 4.98 Å². The Morgan fingerprint density at radius 2 is 1.64 bits per heavy atom. The van der Waals surface area contributed by atoms with Crippen LogP contribution in [0.1, 0.15) is 99.4 Å². The molecule has 2 heterocycles. The number of carbonyl (C=O) groups excluding carboxylic acids is 4. The maximum absolute atomic E-state index is 13.4.